The number of fused-ring (bicyclic) bond motifs is 1. The van der Waals surface area contributed by atoms with Gasteiger partial charge in [0.25, 0.3) is 11.1 Å². The molecule has 1 N–H and O–H groups in total. The molecule has 1 aromatic carbocycles. The third-order valence-electron chi connectivity index (χ3n) is 3.78. The molecule has 1 aliphatic heterocycles. The van der Waals surface area contributed by atoms with Gasteiger partial charge < -0.3 is 4.98 Å². The summed E-state index contributed by atoms with van der Waals surface area (Å²) in [5.74, 6) is -0.213. The number of rotatable bonds is 4. The molecule has 1 saturated heterocycles. The highest BCUT2D eigenvalue weighted by Crippen LogP contribution is 2.37. The Hall–Kier alpha value is -2.03. The molecular weight excluding hydrogens is 386 g/mol. The molecule has 0 aliphatic carbocycles. The fourth-order valence-corrected chi connectivity index (χ4v) is 5.63. The van der Waals surface area contributed by atoms with Gasteiger partial charge in [0.05, 0.1) is 20.1 Å². The van der Waals surface area contributed by atoms with Crippen LogP contribution in [0.3, 0.4) is 0 Å². The Bertz CT molecular complexity index is 1000. The number of carbonyl (C=O) groups is 2. The lowest BCUT2D eigenvalue weighted by Gasteiger charge is -2.16. The van der Waals surface area contributed by atoms with Crippen LogP contribution in [0.25, 0.3) is 17.1 Å². The number of thioether (sulfide) groups is 1. The zero-order chi connectivity index (χ0) is 18.3. The lowest BCUT2D eigenvalue weighted by Crippen LogP contribution is -2.34. The molecule has 4 rings (SSSR count). The van der Waals surface area contributed by atoms with Gasteiger partial charge >= 0.3 is 0 Å². The van der Waals surface area contributed by atoms with Crippen LogP contribution in [0.15, 0.2) is 50.7 Å². The van der Waals surface area contributed by atoms with Crippen molar-refractivity contribution in [2.24, 2.45) is 0 Å². The smallest absolute Gasteiger partial charge is 0.293 e. The van der Waals surface area contributed by atoms with Crippen LogP contribution in [-0.4, -0.2) is 32.1 Å². The molecule has 0 atom stereocenters. The minimum absolute atomic E-state index is 0.129. The maximum Gasteiger partial charge on any atom is 0.293 e. The highest BCUT2D eigenvalue weighted by molar-refractivity contribution is 8.18. The third-order valence-corrected chi connectivity index (χ3v) is 6.71. The summed E-state index contributed by atoms with van der Waals surface area (Å²) in [6.07, 6.45) is 1.79. The van der Waals surface area contributed by atoms with Gasteiger partial charge in [-0.15, -0.1) is 11.3 Å². The van der Waals surface area contributed by atoms with Gasteiger partial charge in [0, 0.05) is 10.9 Å². The highest BCUT2D eigenvalue weighted by atomic mass is 32.2. The molecule has 0 spiro atoms. The van der Waals surface area contributed by atoms with Crippen molar-refractivity contribution in [1.82, 2.24) is 14.9 Å². The Kier molecular flexibility index (Phi) is 4.64. The SMILES string of the molecule is CC(C)N1C(=O)S/C(=C\c2ccc(Sc3nc4ccccc4[nH]3)s2)C1=O. The van der Waals surface area contributed by atoms with Gasteiger partial charge in [-0.3, -0.25) is 14.5 Å². The average molecular weight is 402 g/mol. The second kappa shape index (κ2) is 6.94. The number of thiophene rings is 1. The Labute approximate surface area is 162 Å². The number of amides is 2. The molecule has 2 aromatic heterocycles. The summed E-state index contributed by atoms with van der Waals surface area (Å²) in [7, 11) is 0. The Morgan fingerprint density at radius 3 is 2.73 bits per heavy atom. The number of benzene rings is 1. The molecule has 0 unspecified atom stereocenters. The van der Waals surface area contributed by atoms with Crippen molar-refractivity contribution in [1.29, 1.82) is 0 Å². The summed E-state index contributed by atoms with van der Waals surface area (Å²) in [5.41, 5.74) is 1.95. The summed E-state index contributed by atoms with van der Waals surface area (Å²) < 4.78 is 1.07. The van der Waals surface area contributed by atoms with Gasteiger partial charge in [0.1, 0.15) is 0 Å². The van der Waals surface area contributed by atoms with Gasteiger partial charge in [0.2, 0.25) is 0 Å². The van der Waals surface area contributed by atoms with E-state index in [1.807, 2.05) is 50.2 Å². The number of aromatic amines is 1. The summed E-state index contributed by atoms with van der Waals surface area (Å²) in [4.78, 5) is 34.9. The molecule has 3 heterocycles. The van der Waals surface area contributed by atoms with E-state index >= 15 is 0 Å². The number of H-pyrrole nitrogens is 1. The second-order valence-corrected chi connectivity index (χ2v) is 9.36. The average Bonchev–Trinajstić information content (AvgIpc) is 3.26. The maximum atomic E-state index is 12.4. The highest BCUT2D eigenvalue weighted by Gasteiger charge is 2.36. The van der Waals surface area contributed by atoms with Crippen molar-refractivity contribution < 1.29 is 9.59 Å². The molecule has 26 heavy (non-hydrogen) atoms. The largest absolute Gasteiger partial charge is 0.333 e. The summed E-state index contributed by atoms with van der Waals surface area (Å²) in [5, 5.41) is 0.629. The second-order valence-electron chi connectivity index (χ2n) is 5.96. The van der Waals surface area contributed by atoms with Crippen LogP contribution in [0.2, 0.25) is 0 Å². The minimum Gasteiger partial charge on any atom is -0.333 e. The molecule has 132 valence electrons. The lowest BCUT2D eigenvalue weighted by molar-refractivity contribution is -0.123. The minimum atomic E-state index is -0.213. The van der Waals surface area contributed by atoms with Gasteiger partial charge in [-0.05, 0) is 67.7 Å². The van der Waals surface area contributed by atoms with E-state index in [0.29, 0.717) is 4.91 Å². The standard InChI is InChI=1S/C18H15N3O2S3/c1-10(2)21-16(22)14(25-18(21)23)9-11-7-8-15(24-11)26-17-19-12-5-3-4-6-13(12)20-17/h3-10H,1-2H3,(H,19,20)/b14-9-. The monoisotopic (exact) mass is 401 g/mol. The molecule has 5 nitrogen and oxygen atoms in total. The lowest BCUT2D eigenvalue weighted by atomic mass is 10.3. The third kappa shape index (κ3) is 3.32. The summed E-state index contributed by atoms with van der Waals surface area (Å²) in [6, 6.07) is 11.7. The van der Waals surface area contributed by atoms with Gasteiger partial charge in [-0.1, -0.05) is 12.1 Å². The van der Waals surface area contributed by atoms with E-state index in [1.54, 1.807) is 29.2 Å². The first-order chi connectivity index (χ1) is 12.5. The first-order valence-corrected chi connectivity index (χ1v) is 10.5. The predicted octanol–water partition coefficient (Wildman–Crippen LogP) is 5.22. The number of para-hydroxylation sites is 2. The molecule has 3 aromatic rings. The molecule has 1 fully saturated rings. The normalized spacial score (nSPS) is 16.6. The van der Waals surface area contributed by atoms with E-state index in [0.717, 1.165) is 37.0 Å². The number of imidazole rings is 1. The number of hydrogen-bond acceptors (Lipinski definition) is 6. The summed E-state index contributed by atoms with van der Waals surface area (Å²) in [6.45, 7) is 3.68. The van der Waals surface area contributed by atoms with E-state index in [-0.39, 0.29) is 17.2 Å². The van der Waals surface area contributed by atoms with Crippen molar-refractivity contribution in [2.75, 3.05) is 0 Å². The quantitative estimate of drug-likeness (QED) is 0.607. The van der Waals surface area contributed by atoms with E-state index in [1.165, 1.54) is 4.90 Å². The topological polar surface area (TPSA) is 66.1 Å². The number of nitrogens with one attached hydrogen (secondary N) is 1. The molecule has 0 bridgehead atoms. The van der Waals surface area contributed by atoms with Gasteiger partial charge in [0.15, 0.2) is 5.16 Å². The van der Waals surface area contributed by atoms with Crippen LogP contribution in [0, 0.1) is 0 Å². The van der Waals surface area contributed by atoms with Crippen molar-refractivity contribution in [3.63, 3.8) is 0 Å². The van der Waals surface area contributed by atoms with Crippen LogP contribution in [0.4, 0.5) is 4.79 Å². The van der Waals surface area contributed by atoms with Gasteiger partial charge in [-0.2, -0.15) is 0 Å². The fraction of sp³-hybridized carbons (Fsp3) is 0.167. The van der Waals surface area contributed by atoms with Crippen molar-refractivity contribution in [3.05, 3.63) is 46.2 Å². The zero-order valence-corrected chi connectivity index (χ0v) is 16.5. The number of imide groups is 1. The van der Waals surface area contributed by atoms with Crippen LogP contribution in [0.1, 0.15) is 18.7 Å². The zero-order valence-electron chi connectivity index (χ0n) is 14.1. The number of carbonyl (C=O) groups excluding carboxylic acids is 2. The molecular formula is C18H15N3O2S3. The van der Waals surface area contributed by atoms with Crippen molar-refractivity contribution in [3.8, 4) is 0 Å². The number of aromatic nitrogens is 2. The first kappa shape index (κ1) is 17.4. The first-order valence-electron chi connectivity index (χ1n) is 8.01. The van der Waals surface area contributed by atoms with Crippen molar-refractivity contribution >= 4 is 63.1 Å². The Balaban J connectivity index is 1.53. The van der Waals surface area contributed by atoms with E-state index in [4.69, 9.17) is 0 Å². The maximum absolute atomic E-state index is 12.4. The van der Waals surface area contributed by atoms with Crippen LogP contribution < -0.4 is 0 Å². The van der Waals surface area contributed by atoms with E-state index in [9.17, 15) is 9.59 Å². The number of hydrogen-bond donors (Lipinski definition) is 1. The van der Waals surface area contributed by atoms with E-state index < -0.39 is 0 Å². The van der Waals surface area contributed by atoms with Crippen LogP contribution in [0.5, 0.6) is 0 Å². The Morgan fingerprint density at radius 1 is 1.19 bits per heavy atom. The predicted molar refractivity (Wildman–Crippen MR) is 107 cm³/mol. The van der Waals surface area contributed by atoms with Crippen LogP contribution in [-0.2, 0) is 4.79 Å². The molecule has 2 amide bonds. The fourth-order valence-electron chi connectivity index (χ4n) is 2.59. The van der Waals surface area contributed by atoms with E-state index in [2.05, 4.69) is 9.97 Å². The molecule has 0 radical (unpaired) electrons. The van der Waals surface area contributed by atoms with Crippen LogP contribution >= 0.6 is 34.9 Å². The summed E-state index contributed by atoms with van der Waals surface area (Å²) >= 11 is 4.12. The molecule has 1 aliphatic rings. The van der Waals surface area contributed by atoms with Gasteiger partial charge in [-0.25, -0.2) is 4.98 Å². The number of nitrogens with zero attached hydrogens (tertiary/aromatic N) is 2. The molecule has 0 saturated carbocycles. The van der Waals surface area contributed by atoms with Crippen molar-refractivity contribution in [2.45, 2.75) is 29.3 Å². The Morgan fingerprint density at radius 2 is 2.00 bits per heavy atom. The molecule has 8 heteroatoms.